The van der Waals surface area contributed by atoms with Gasteiger partial charge in [-0.3, -0.25) is 4.90 Å². The molecule has 0 bridgehead atoms. The van der Waals surface area contributed by atoms with Gasteiger partial charge in [-0.2, -0.15) is 8.78 Å². The minimum absolute atomic E-state index is 0.0292. The minimum atomic E-state index is -3.08. The second-order valence-corrected chi connectivity index (χ2v) is 8.54. The molecule has 3 N–H and O–H groups in total. The SMILES string of the molecule is Cc1ccc(NC(=O)N(c2ccccc2C(C)C)C2CN([S+](N)[O-])C2)c(OC(F)F)n1. The number of benzene rings is 1. The Morgan fingerprint density at radius 2 is 2.00 bits per heavy atom. The molecule has 0 spiro atoms. The Labute approximate surface area is 182 Å². The quantitative estimate of drug-likeness (QED) is 0.623. The molecule has 168 valence electrons. The van der Waals surface area contributed by atoms with E-state index >= 15 is 0 Å². The van der Waals surface area contributed by atoms with E-state index in [1.165, 1.54) is 10.4 Å². The number of ether oxygens (including phenoxy) is 1. The summed E-state index contributed by atoms with van der Waals surface area (Å²) in [7, 11) is 0. The zero-order valence-electron chi connectivity index (χ0n) is 17.4. The highest BCUT2D eigenvalue weighted by molar-refractivity contribution is 7.86. The molecule has 1 fully saturated rings. The van der Waals surface area contributed by atoms with Crippen molar-refractivity contribution in [1.29, 1.82) is 0 Å². The normalized spacial score (nSPS) is 15.6. The lowest BCUT2D eigenvalue weighted by molar-refractivity contribution is -0.0523. The fraction of sp³-hybridized carbons (Fsp3) is 0.400. The number of carbonyl (C=O) groups excluding carboxylic acids is 1. The van der Waals surface area contributed by atoms with E-state index in [4.69, 9.17) is 5.14 Å². The topological polar surface area (TPSA) is 107 Å². The number of hydrogen-bond donors (Lipinski definition) is 2. The highest BCUT2D eigenvalue weighted by atomic mass is 32.2. The average molecular weight is 454 g/mol. The van der Waals surface area contributed by atoms with Crippen molar-refractivity contribution in [2.24, 2.45) is 5.14 Å². The summed E-state index contributed by atoms with van der Waals surface area (Å²) in [6, 6.07) is 9.66. The molecule has 0 saturated carbocycles. The van der Waals surface area contributed by atoms with Crippen LogP contribution in [0.25, 0.3) is 0 Å². The maximum atomic E-state index is 13.3. The number of pyridine rings is 1. The fourth-order valence-electron chi connectivity index (χ4n) is 3.37. The van der Waals surface area contributed by atoms with Gasteiger partial charge in [0, 0.05) is 11.4 Å². The first kappa shape index (κ1) is 23.2. The van der Waals surface area contributed by atoms with Crippen LogP contribution in [-0.4, -0.2) is 45.6 Å². The van der Waals surface area contributed by atoms with Crippen LogP contribution in [-0.2, 0) is 11.5 Å². The smallest absolute Gasteiger partial charge is 0.388 e. The van der Waals surface area contributed by atoms with E-state index in [0.717, 1.165) is 5.56 Å². The Bertz CT molecular complexity index is 925. The van der Waals surface area contributed by atoms with Crippen LogP contribution >= 0.6 is 0 Å². The third-order valence-electron chi connectivity index (χ3n) is 4.93. The van der Waals surface area contributed by atoms with Gasteiger partial charge in [0.05, 0.1) is 19.1 Å². The van der Waals surface area contributed by atoms with Crippen LogP contribution in [0, 0.1) is 6.92 Å². The number of halogens is 2. The highest BCUT2D eigenvalue weighted by Gasteiger charge is 2.42. The molecule has 1 aromatic heterocycles. The van der Waals surface area contributed by atoms with E-state index in [-0.39, 0.29) is 23.5 Å². The molecule has 1 aliphatic rings. The van der Waals surface area contributed by atoms with Gasteiger partial charge in [0.25, 0.3) is 0 Å². The first-order valence-corrected chi connectivity index (χ1v) is 10.9. The van der Waals surface area contributed by atoms with Crippen LogP contribution in [0.2, 0.25) is 0 Å². The van der Waals surface area contributed by atoms with Gasteiger partial charge < -0.3 is 14.6 Å². The standard InChI is InChI=1S/C20H25F2N5O3S/c1-12(2)15-6-4-5-7-17(15)27(14-10-26(11-14)31(23)29)20(28)25-16-9-8-13(3)24-18(16)30-19(21)22/h4-9,12,14,19H,10-11,23H2,1-3H3,(H,25,28). The maximum absolute atomic E-state index is 13.3. The van der Waals surface area contributed by atoms with Gasteiger partial charge in [-0.15, -0.1) is 9.44 Å². The summed E-state index contributed by atoms with van der Waals surface area (Å²) in [4.78, 5) is 18.8. The molecule has 2 aromatic rings. The van der Waals surface area contributed by atoms with E-state index in [9.17, 15) is 18.1 Å². The van der Waals surface area contributed by atoms with Crippen LogP contribution in [0.3, 0.4) is 0 Å². The van der Waals surface area contributed by atoms with Gasteiger partial charge in [0.2, 0.25) is 5.88 Å². The number of aryl methyl sites for hydroxylation is 1. The molecule has 0 radical (unpaired) electrons. The molecule has 1 unspecified atom stereocenters. The number of urea groups is 1. The number of anilines is 2. The van der Waals surface area contributed by atoms with Gasteiger partial charge >= 0.3 is 12.6 Å². The number of nitrogens with one attached hydrogen (secondary N) is 1. The van der Waals surface area contributed by atoms with Crippen molar-refractivity contribution < 1.29 is 22.9 Å². The molecule has 1 aliphatic heterocycles. The lowest BCUT2D eigenvalue weighted by Crippen LogP contribution is -2.64. The summed E-state index contributed by atoms with van der Waals surface area (Å²) < 4.78 is 43.2. The third-order valence-corrected chi connectivity index (χ3v) is 5.73. The second kappa shape index (κ2) is 9.77. The summed E-state index contributed by atoms with van der Waals surface area (Å²) in [6.07, 6.45) is 0. The van der Waals surface area contributed by atoms with Crippen LogP contribution in [0.15, 0.2) is 36.4 Å². The minimum Gasteiger partial charge on any atom is -0.579 e. The lowest BCUT2D eigenvalue weighted by Gasteiger charge is -2.43. The van der Waals surface area contributed by atoms with Gasteiger partial charge in [0.15, 0.2) is 0 Å². The zero-order valence-corrected chi connectivity index (χ0v) is 18.2. The van der Waals surface area contributed by atoms with Crippen molar-refractivity contribution in [1.82, 2.24) is 9.29 Å². The maximum Gasteiger partial charge on any atom is 0.388 e. The van der Waals surface area contributed by atoms with Gasteiger partial charge in [-0.25, -0.2) is 9.78 Å². The van der Waals surface area contributed by atoms with Crippen molar-refractivity contribution >= 4 is 29.0 Å². The molecule has 3 rings (SSSR count). The Hall–Kier alpha value is -2.47. The Balaban J connectivity index is 1.93. The van der Waals surface area contributed by atoms with Crippen LogP contribution < -0.4 is 20.1 Å². The molecular formula is C20H25F2N5O3S. The summed E-state index contributed by atoms with van der Waals surface area (Å²) >= 11 is -1.63. The van der Waals surface area contributed by atoms with Crippen molar-refractivity contribution in [2.45, 2.75) is 39.3 Å². The number of alkyl halides is 2. The molecule has 11 heteroatoms. The van der Waals surface area contributed by atoms with Crippen molar-refractivity contribution in [3.8, 4) is 5.88 Å². The van der Waals surface area contributed by atoms with Crippen molar-refractivity contribution in [2.75, 3.05) is 23.3 Å². The Morgan fingerprint density at radius 3 is 2.61 bits per heavy atom. The molecule has 2 amide bonds. The molecule has 31 heavy (non-hydrogen) atoms. The van der Waals surface area contributed by atoms with E-state index in [2.05, 4.69) is 15.0 Å². The van der Waals surface area contributed by atoms with Crippen molar-refractivity contribution in [3.05, 3.63) is 47.7 Å². The van der Waals surface area contributed by atoms with Gasteiger partial charge in [-0.05, 0) is 36.6 Å². The van der Waals surface area contributed by atoms with E-state index in [1.807, 2.05) is 38.1 Å². The largest absolute Gasteiger partial charge is 0.579 e. The number of para-hydroxylation sites is 1. The van der Waals surface area contributed by atoms with Gasteiger partial charge in [-0.1, -0.05) is 32.0 Å². The number of nitrogens with zero attached hydrogens (tertiary/aromatic N) is 3. The van der Waals surface area contributed by atoms with E-state index in [0.29, 0.717) is 24.5 Å². The van der Waals surface area contributed by atoms with Crippen molar-refractivity contribution in [3.63, 3.8) is 0 Å². The van der Waals surface area contributed by atoms with Crippen LogP contribution in [0.1, 0.15) is 31.0 Å². The lowest BCUT2D eigenvalue weighted by atomic mass is 9.98. The number of hydrogen-bond acceptors (Lipinski definition) is 6. The molecule has 1 saturated heterocycles. The molecule has 0 aliphatic carbocycles. The predicted molar refractivity (Wildman–Crippen MR) is 115 cm³/mol. The van der Waals surface area contributed by atoms with E-state index < -0.39 is 24.2 Å². The number of nitrogens with two attached hydrogens (primary N) is 1. The number of amides is 2. The van der Waals surface area contributed by atoms with E-state index in [1.54, 1.807) is 17.9 Å². The first-order valence-electron chi connectivity index (χ1n) is 9.70. The third kappa shape index (κ3) is 5.42. The Morgan fingerprint density at radius 1 is 1.32 bits per heavy atom. The highest BCUT2D eigenvalue weighted by Crippen LogP contribution is 2.33. The summed E-state index contributed by atoms with van der Waals surface area (Å²) in [5.74, 6) is -0.233. The number of aromatic nitrogens is 1. The molecule has 1 aromatic carbocycles. The average Bonchev–Trinajstić information content (AvgIpc) is 2.65. The summed E-state index contributed by atoms with van der Waals surface area (Å²) in [5.41, 5.74) is 2.12. The fourth-order valence-corrected chi connectivity index (χ4v) is 4.01. The van der Waals surface area contributed by atoms with Gasteiger partial charge in [0.1, 0.15) is 17.2 Å². The summed E-state index contributed by atoms with van der Waals surface area (Å²) in [6.45, 7) is 3.20. The second-order valence-electron chi connectivity index (χ2n) is 7.47. The predicted octanol–water partition coefficient (Wildman–Crippen LogP) is 3.37. The zero-order chi connectivity index (χ0) is 22.7. The molecule has 8 nitrogen and oxygen atoms in total. The monoisotopic (exact) mass is 453 g/mol. The molecule has 1 atom stereocenters. The number of carbonyl (C=O) groups is 1. The molecular weight excluding hydrogens is 428 g/mol. The number of rotatable bonds is 7. The van der Waals surface area contributed by atoms with Crippen LogP contribution in [0.4, 0.5) is 25.0 Å². The van der Waals surface area contributed by atoms with Crippen LogP contribution in [0.5, 0.6) is 5.88 Å². The first-order chi connectivity index (χ1) is 14.7. The summed E-state index contributed by atoms with van der Waals surface area (Å²) in [5, 5.41) is 8.08. The molecule has 2 heterocycles. The Kier molecular flexibility index (Phi) is 7.31.